The Morgan fingerprint density at radius 1 is 1.00 bits per heavy atom. The second-order valence-electron chi connectivity index (χ2n) is 8.00. The average molecular weight is 518 g/mol. The maximum absolute atomic E-state index is 14.6. The molecule has 2 aromatic carbocycles. The summed E-state index contributed by atoms with van der Waals surface area (Å²) in [5.41, 5.74) is -0.927. The predicted molar refractivity (Wildman–Crippen MR) is 123 cm³/mol. The van der Waals surface area contributed by atoms with Gasteiger partial charge in [0.15, 0.2) is 11.5 Å². The molecule has 0 radical (unpaired) electrons. The van der Waals surface area contributed by atoms with Crippen LogP contribution in [0.25, 0.3) is 11.4 Å². The number of H-pyrrole nitrogens is 1. The van der Waals surface area contributed by atoms with E-state index in [4.69, 9.17) is 9.47 Å². The van der Waals surface area contributed by atoms with Gasteiger partial charge in [0.25, 0.3) is 5.91 Å². The number of imidazole rings is 1. The third-order valence-electron chi connectivity index (χ3n) is 4.92. The van der Waals surface area contributed by atoms with Crippen molar-refractivity contribution in [3.05, 3.63) is 83.8 Å². The molecule has 0 atom stereocenters. The van der Waals surface area contributed by atoms with Crippen LogP contribution in [0, 0.1) is 11.6 Å². The van der Waals surface area contributed by atoms with Gasteiger partial charge in [0.05, 0.1) is 11.7 Å². The number of halogens is 5. The number of carbonyl (C=O) groups excluding carboxylic acids is 1. The summed E-state index contributed by atoms with van der Waals surface area (Å²) >= 11 is 0. The molecular formula is C25H19F5N4O3. The number of alkyl halides is 3. The highest BCUT2D eigenvalue weighted by Crippen LogP contribution is 2.35. The van der Waals surface area contributed by atoms with Crippen LogP contribution in [-0.2, 0) is 6.18 Å². The number of amides is 1. The van der Waals surface area contributed by atoms with E-state index in [1.165, 1.54) is 12.1 Å². The van der Waals surface area contributed by atoms with Gasteiger partial charge in [-0.05, 0) is 56.3 Å². The molecule has 0 spiro atoms. The summed E-state index contributed by atoms with van der Waals surface area (Å²) < 4.78 is 79.4. The summed E-state index contributed by atoms with van der Waals surface area (Å²) in [6.45, 7) is 3.23. The van der Waals surface area contributed by atoms with Gasteiger partial charge in [-0.15, -0.1) is 0 Å². The molecule has 0 unspecified atom stereocenters. The second kappa shape index (κ2) is 10.2. The number of carbonyl (C=O) groups is 1. The molecule has 2 aromatic heterocycles. The zero-order chi connectivity index (χ0) is 26.7. The van der Waals surface area contributed by atoms with Crippen LogP contribution in [-0.4, -0.2) is 27.0 Å². The SMILES string of the molecule is CC(C)Oc1ccc(Oc2ncc(C(F)(F)F)cc2C(=O)Nc2ccc(-c3ncc[nH]3)cc2)c(F)c1F. The minimum absolute atomic E-state index is 0.246. The van der Waals surface area contributed by atoms with E-state index in [1.807, 2.05) is 0 Å². The van der Waals surface area contributed by atoms with Crippen LogP contribution < -0.4 is 14.8 Å². The molecule has 37 heavy (non-hydrogen) atoms. The normalized spacial score (nSPS) is 11.5. The first-order valence-corrected chi connectivity index (χ1v) is 10.8. The fourth-order valence-corrected chi connectivity index (χ4v) is 3.23. The van der Waals surface area contributed by atoms with Crippen molar-refractivity contribution in [1.82, 2.24) is 15.0 Å². The van der Waals surface area contributed by atoms with Gasteiger partial charge in [0.1, 0.15) is 11.4 Å². The van der Waals surface area contributed by atoms with Crippen LogP contribution >= 0.6 is 0 Å². The largest absolute Gasteiger partial charge is 0.488 e. The minimum atomic E-state index is -4.82. The maximum Gasteiger partial charge on any atom is 0.417 e. The highest BCUT2D eigenvalue weighted by atomic mass is 19.4. The standard InChI is InChI=1S/C25H19F5N4O3/c1-13(2)36-18-7-8-19(21(27)20(18)26)37-24-17(11-15(12-33-24)25(28,29)30)23(35)34-16-5-3-14(4-6-16)22-31-9-10-32-22/h3-13H,1-2H3,(H,31,32)(H,34,35). The molecular weight excluding hydrogens is 499 g/mol. The van der Waals surface area contributed by atoms with Gasteiger partial charge in [-0.2, -0.15) is 22.0 Å². The van der Waals surface area contributed by atoms with E-state index >= 15 is 0 Å². The average Bonchev–Trinajstić information content (AvgIpc) is 3.38. The molecule has 192 valence electrons. The molecule has 0 saturated carbocycles. The van der Waals surface area contributed by atoms with Crippen LogP contribution in [0.2, 0.25) is 0 Å². The first-order chi connectivity index (χ1) is 17.5. The molecule has 4 aromatic rings. The van der Waals surface area contributed by atoms with E-state index in [0.717, 1.165) is 12.1 Å². The van der Waals surface area contributed by atoms with Crippen LogP contribution in [0.4, 0.5) is 27.6 Å². The molecule has 0 saturated heterocycles. The summed E-state index contributed by atoms with van der Waals surface area (Å²) in [7, 11) is 0. The number of aromatic nitrogens is 3. The second-order valence-corrected chi connectivity index (χ2v) is 8.00. The van der Waals surface area contributed by atoms with Crippen molar-refractivity contribution in [3.8, 4) is 28.8 Å². The summed E-state index contributed by atoms with van der Waals surface area (Å²) in [5, 5.41) is 2.45. The van der Waals surface area contributed by atoms with Crippen molar-refractivity contribution < 1.29 is 36.2 Å². The van der Waals surface area contributed by atoms with Gasteiger partial charge in [-0.3, -0.25) is 4.79 Å². The summed E-state index contributed by atoms with van der Waals surface area (Å²) in [6.07, 6.45) is -1.65. The van der Waals surface area contributed by atoms with E-state index in [1.54, 1.807) is 38.4 Å². The lowest BCUT2D eigenvalue weighted by Gasteiger charge is -2.15. The van der Waals surface area contributed by atoms with Gasteiger partial charge >= 0.3 is 6.18 Å². The minimum Gasteiger partial charge on any atom is -0.488 e. The zero-order valence-electron chi connectivity index (χ0n) is 19.4. The van der Waals surface area contributed by atoms with Gasteiger partial charge in [0, 0.05) is 29.8 Å². The Bertz CT molecular complexity index is 1410. The lowest BCUT2D eigenvalue weighted by molar-refractivity contribution is -0.137. The number of benzene rings is 2. The molecule has 0 aliphatic rings. The maximum atomic E-state index is 14.6. The molecule has 12 heteroatoms. The number of ether oxygens (including phenoxy) is 2. The third-order valence-corrected chi connectivity index (χ3v) is 4.92. The van der Waals surface area contributed by atoms with Crippen molar-refractivity contribution in [2.45, 2.75) is 26.1 Å². The van der Waals surface area contributed by atoms with Crippen LogP contribution in [0.1, 0.15) is 29.8 Å². The number of rotatable bonds is 7. The Kier molecular flexibility index (Phi) is 7.09. The number of hydrogen-bond acceptors (Lipinski definition) is 5. The smallest absolute Gasteiger partial charge is 0.417 e. The molecule has 1 amide bonds. The van der Waals surface area contributed by atoms with E-state index < -0.39 is 52.6 Å². The van der Waals surface area contributed by atoms with Crippen LogP contribution in [0.15, 0.2) is 61.1 Å². The Balaban J connectivity index is 1.64. The Hall–Kier alpha value is -4.48. The number of hydrogen-bond donors (Lipinski definition) is 2. The van der Waals surface area contributed by atoms with E-state index in [9.17, 15) is 26.7 Å². The molecule has 4 rings (SSSR count). The zero-order valence-corrected chi connectivity index (χ0v) is 19.4. The summed E-state index contributed by atoms with van der Waals surface area (Å²) in [6, 6.07) is 8.92. The van der Waals surface area contributed by atoms with E-state index in [2.05, 4.69) is 20.3 Å². The number of nitrogens with one attached hydrogen (secondary N) is 2. The van der Waals surface area contributed by atoms with Gasteiger partial charge in [0.2, 0.25) is 17.5 Å². The van der Waals surface area contributed by atoms with Gasteiger partial charge in [-0.1, -0.05) is 0 Å². The molecule has 2 heterocycles. The van der Waals surface area contributed by atoms with Crippen molar-refractivity contribution in [1.29, 1.82) is 0 Å². The van der Waals surface area contributed by atoms with Crippen molar-refractivity contribution in [2.24, 2.45) is 0 Å². The van der Waals surface area contributed by atoms with Crippen molar-refractivity contribution in [2.75, 3.05) is 5.32 Å². The summed E-state index contributed by atoms with van der Waals surface area (Å²) in [4.78, 5) is 23.5. The predicted octanol–water partition coefficient (Wildman–Crippen LogP) is 6.60. The number of pyridine rings is 1. The highest BCUT2D eigenvalue weighted by molar-refractivity contribution is 6.06. The number of nitrogens with zero attached hydrogens (tertiary/aromatic N) is 2. The van der Waals surface area contributed by atoms with Crippen LogP contribution in [0.3, 0.4) is 0 Å². The Morgan fingerprint density at radius 3 is 2.30 bits per heavy atom. The molecule has 0 aliphatic carbocycles. The molecule has 0 fully saturated rings. The fraction of sp³-hybridized carbons (Fsp3) is 0.160. The Labute approximate surface area is 207 Å². The number of anilines is 1. The monoisotopic (exact) mass is 518 g/mol. The lowest BCUT2D eigenvalue weighted by Crippen LogP contribution is -2.16. The van der Waals surface area contributed by atoms with Crippen molar-refractivity contribution >= 4 is 11.6 Å². The van der Waals surface area contributed by atoms with Crippen LogP contribution in [0.5, 0.6) is 17.4 Å². The lowest BCUT2D eigenvalue weighted by atomic mass is 10.1. The highest BCUT2D eigenvalue weighted by Gasteiger charge is 2.33. The fourth-order valence-electron chi connectivity index (χ4n) is 3.23. The Morgan fingerprint density at radius 2 is 1.68 bits per heavy atom. The molecule has 7 nitrogen and oxygen atoms in total. The van der Waals surface area contributed by atoms with Crippen molar-refractivity contribution in [3.63, 3.8) is 0 Å². The van der Waals surface area contributed by atoms with Gasteiger partial charge < -0.3 is 19.8 Å². The molecule has 0 bridgehead atoms. The quantitative estimate of drug-likeness (QED) is 0.269. The van der Waals surface area contributed by atoms with E-state index in [-0.39, 0.29) is 11.4 Å². The third kappa shape index (κ3) is 5.85. The van der Waals surface area contributed by atoms with Gasteiger partial charge in [-0.25, -0.2) is 9.97 Å². The molecule has 0 aliphatic heterocycles. The molecule has 2 N–H and O–H groups in total. The van der Waals surface area contributed by atoms with E-state index in [0.29, 0.717) is 23.7 Å². The first-order valence-electron chi connectivity index (χ1n) is 10.8. The number of aromatic amines is 1. The first kappa shape index (κ1) is 25.6. The topological polar surface area (TPSA) is 89.1 Å². The summed E-state index contributed by atoms with van der Waals surface area (Å²) in [5.74, 6) is -4.99.